The third kappa shape index (κ3) is 2.45. The van der Waals surface area contributed by atoms with E-state index in [-0.39, 0.29) is 0 Å². The topological polar surface area (TPSA) is 9.23 Å². The molecule has 0 aliphatic carbocycles. The molecule has 0 bridgehead atoms. The van der Waals surface area contributed by atoms with E-state index in [0.717, 1.165) is 12.2 Å². The van der Waals surface area contributed by atoms with Crippen LogP contribution in [0.3, 0.4) is 0 Å². The van der Waals surface area contributed by atoms with Crippen LogP contribution in [0, 0.1) is 0 Å². The second kappa shape index (κ2) is 5.15. The van der Waals surface area contributed by atoms with E-state index in [0.29, 0.717) is 0 Å². The van der Waals surface area contributed by atoms with Gasteiger partial charge in [-0.1, -0.05) is 60.7 Å². The first kappa shape index (κ1) is 11.8. The van der Waals surface area contributed by atoms with Gasteiger partial charge in [-0.15, -0.1) is 0 Å². The van der Waals surface area contributed by atoms with Gasteiger partial charge >= 0.3 is 0 Å². The fraction of sp³-hybridized carbons (Fsp3) is 0.111. The first-order valence-electron chi connectivity index (χ1n) is 6.46. The molecule has 1 nitrogen and oxygen atoms in total. The molecule has 0 aliphatic rings. The van der Waals surface area contributed by atoms with Crippen LogP contribution in [0.4, 0.5) is 0 Å². The van der Waals surface area contributed by atoms with Gasteiger partial charge in [-0.25, -0.2) is 0 Å². The second-order valence-corrected chi connectivity index (χ2v) is 4.67. The van der Waals surface area contributed by atoms with Gasteiger partial charge < -0.3 is 4.74 Å². The Morgan fingerprint density at radius 1 is 0.789 bits per heavy atom. The summed E-state index contributed by atoms with van der Waals surface area (Å²) in [4.78, 5) is 0. The summed E-state index contributed by atoms with van der Waals surface area (Å²) in [5.74, 6) is 0.954. The number of para-hydroxylation sites is 1. The Morgan fingerprint density at radius 3 is 2.37 bits per heavy atom. The molecule has 0 spiro atoms. The zero-order chi connectivity index (χ0) is 13.1. The SMILES string of the molecule is COc1ccccc1Cc1ccc2ccccc2c1. The summed E-state index contributed by atoms with van der Waals surface area (Å²) in [6.45, 7) is 0. The summed E-state index contributed by atoms with van der Waals surface area (Å²) >= 11 is 0. The molecule has 94 valence electrons. The van der Waals surface area contributed by atoms with E-state index in [9.17, 15) is 0 Å². The van der Waals surface area contributed by atoms with Crippen molar-refractivity contribution in [1.29, 1.82) is 0 Å². The van der Waals surface area contributed by atoms with Gasteiger partial charge in [-0.05, 0) is 28.0 Å². The molecule has 0 fully saturated rings. The maximum absolute atomic E-state index is 5.41. The second-order valence-electron chi connectivity index (χ2n) is 4.67. The van der Waals surface area contributed by atoms with Crippen molar-refractivity contribution in [3.05, 3.63) is 77.9 Å². The van der Waals surface area contributed by atoms with Crippen LogP contribution < -0.4 is 4.74 Å². The van der Waals surface area contributed by atoms with Gasteiger partial charge in [0.15, 0.2) is 0 Å². The van der Waals surface area contributed by atoms with Crippen LogP contribution in [0.15, 0.2) is 66.7 Å². The largest absolute Gasteiger partial charge is 0.496 e. The quantitative estimate of drug-likeness (QED) is 0.666. The molecule has 0 atom stereocenters. The Morgan fingerprint density at radius 2 is 1.53 bits per heavy atom. The molecule has 1 heteroatoms. The van der Waals surface area contributed by atoms with Crippen molar-refractivity contribution in [2.45, 2.75) is 6.42 Å². The Hall–Kier alpha value is -2.28. The lowest BCUT2D eigenvalue weighted by Crippen LogP contribution is -1.93. The Bertz CT molecular complexity index is 701. The van der Waals surface area contributed by atoms with E-state index >= 15 is 0 Å². The average molecular weight is 248 g/mol. The van der Waals surface area contributed by atoms with E-state index in [1.807, 2.05) is 12.1 Å². The Kier molecular flexibility index (Phi) is 3.20. The van der Waals surface area contributed by atoms with Crippen molar-refractivity contribution >= 4 is 10.8 Å². The number of hydrogen-bond donors (Lipinski definition) is 0. The van der Waals surface area contributed by atoms with Crippen LogP contribution in [0.25, 0.3) is 10.8 Å². The summed E-state index contributed by atoms with van der Waals surface area (Å²) in [6.07, 6.45) is 0.898. The zero-order valence-corrected chi connectivity index (χ0v) is 11.0. The van der Waals surface area contributed by atoms with Gasteiger partial charge in [0.2, 0.25) is 0 Å². The van der Waals surface area contributed by atoms with Crippen molar-refractivity contribution < 1.29 is 4.74 Å². The molecule has 0 N–H and O–H groups in total. The van der Waals surface area contributed by atoms with Crippen molar-refractivity contribution in [2.75, 3.05) is 7.11 Å². The summed E-state index contributed by atoms with van der Waals surface area (Å²) in [5.41, 5.74) is 2.53. The Labute approximate surface area is 113 Å². The van der Waals surface area contributed by atoms with E-state index in [1.54, 1.807) is 7.11 Å². The molecule has 3 aromatic carbocycles. The predicted molar refractivity (Wildman–Crippen MR) is 79.7 cm³/mol. The highest BCUT2D eigenvalue weighted by Gasteiger charge is 2.03. The van der Waals surface area contributed by atoms with Gasteiger partial charge in [0, 0.05) is 6.42 Å². The van der Waals surface area contributed by atoms with E-state index < -0.39 is 0 Å². The molecule has 0 aromatic heterocycles. The van der Waals surface area contributed by atoms with Gasteiger partial charge in [0.1, 0.15) is 5.75 Å². The number of methoxy groups -OCH3 is 1. The minimum atomic E-state index is 0.898. The van der Waals surface area contributed by atoms with Crippen LogP contribution in [0.2, 0.25) is 0 Å². The number of hydrogen-bond acceptors (Lipinski definition) is 1. The molecule has 19 heavy (non-hydrogen) atoms. The molecular formula is C18H16O. The lowest BCUT2D eigenvalue weighted by molar-refractivity contribution is 0.410. The minimum Gasteiger partial charge on any atom is -0.496 e. The van der Waals surface area contributed by atoms with Crippen LogP contribution in [-0.2, 0) is 6.42 Å². The molecule has 0 aliphatic heterocycles. The minimum absolute atomic E-state index is 0.898. The summed E-state index contributed by atoms with van der Waals surface area (Å²) < 4.78 is 5.41. The molecule has 0 saturated heterocycles. The normalized spacial score (nSPS) is 10.6. The lowest BCUT2D eigenvalue weighted by Gasteiger charge is -2.09. The third-order valence-electron chi connectivity index (χ3n) is 3.40. The monoisotopic (exact) mass is 248 g/mol. The summed E-state index contributed by atoms with van der Waals surface area (Å²) in [7, 11) is 1.72. The first-order valence-corrected chi connectivity index (χ1v) is 6.46. The molecule has 0 saturated carbocycles. The van der Waals surface area contributed by atoms with E-state index in [2.05, 4.69) is 54.6 Å². The van der Waals surface area contributed by atoms with E-state index in [1.165, 1.54) is 21.9 Å². The molecule has 3 rings (SSSR count). The average Bonchev–Trinajstić information content (AvgIpc) is 2.48. The summed E-state index contributed by atoms with van der Waals surface area (Å²) in [6, 6.07) is 23.3. The lowest BCUT2D eigenvalue weighted by atomic mass is 10.0. The highest BCUT2D eigenvalue weighted by atomic mass is 16.5. The maximum atomic E-state index is 5.41. The number of rotatable bonds is 3. The van der Waals surface area contributed by atoms with Crippen molar-refractivity contribution in [3.8, 4) is 5.75 Å². The standard InChI is InChI=1S/C18H16O/c1-19-18-9-5-4-8-17(18)13-14-10-11-15-6-2-3-7-16(15)12-14/h2-12H,13H2,1H3. The van der Waals surface area contributed by atoms with Crippen LogP contribution in [-0.4, -0.2) is 7.11 Å². The van der Waals surface area contributed by atoms with Crippen LogP contribution in [0.1, 0.15) is 11.1 Å². The fourth-order valence-corrected chi connectivity index (χ4v) is 2.42. The van der Waals surface area contributed by atoms with Gasteiger partial charge in [0.05, 0.1) is 7.11 Å². The molecule has 0 unspecified atom stereocenters. The molecule has 0 heterocycles. The highest BCUT2D eigenvalue weighted by molar-refractivity contribution is 5.83. The number of benzene rings is 3. The smallest absolute Gasteiger partial charge is 0.122 e. The van der Waals surface area contributed by atoms with Crippen LogP contribution >= 0.6 is 0 Å². The molecular weight excluding hydrogens is 232 g/mol. The van der Waals surface area contributed by atoms with E-state index in [4.69, 9.17) is 4.74 Å². The van der Waals surface area contributed by atoms with Crippen LogP contribution in [0.5, 0.6) is 5.75 Å². The highest BCUT2D eigenvalue weighted by Crippen LogP contribution is 2.23. The maximum Gasteiger partial charge on any atom is 0.122 e. The van der Waals surface area contributed by atoms with Crippen molar-refractivity contribution in [3.63, 3.8) is 0 Å². The molecule has 3 aromatic rings. The third-order valence-corrected chi connectivity index (χ3v) is 3.40. The zero-order valence-electron chi connectivity index (χ0n) is 11.0. The predicted octanol–water partition coefficient (Wildman–Crippen LogP) is 4.44. The first-order chi connectivity index (χ1) is 9.36. The van der Waals surface area contributed by atoms with Crippen molar-refractivity contribution in [2.24, 2.45) is 0 Å². The fourth-order valence-electron chi connectivity index (χ4n) is 2.42. The number of fused-ring (bicyclic) bond motifs is 1. The molecule has 0 radical (unpaired) electrons. The summed E-state index contributed by atoms with van der Waals surface area (Å²) in [5, 5.41) is 2.57. The van der Waals surface area contributed by atoms with Gasteiger partial charge in [-0.3, -0.25) is 0 Å². The van der Waals surface area contributed by atoms with Crippen molar-refractivity contribution in [1.82, 2.24) is 0 Å². The van der Waals surface area contributed by atoms with Gasteiger partial charge in [-0.2, -0.15) is 0 Å². The molecule has 0 amide bonds. The van der Waals surface area contributed by atoms with Gasteiger partial charge in [0.25, 0.3) is 0 Å². The number of ether oxygens (including phenoxy) is 1. The Balaban J connectivity index is 1.96.